The molecule has 2 amide bonds. The van der Waals surface area contributed by atoms with E-state index in [0.717, 1.165) is 36.9 Å². The first-order valence-electron chi connectivity index (χ1n) is 8.76. The van der Waals surface area contributed by atoms with Crippen LogP contribution in [0.3, 0.4) is 0 Å². The highest BCUT2D eigenvalue weighted by Gasteiger charge is 2.30. The van der Waals surface area contributed by atoms with Gasteiger partial charge in [0.15, 0.2) is 0 Å². The number of aromatic nitrogens is 2. The summed E-state index contributed by atoms with van der Waals surface area (Å²) in [6.07, 6.45) is 6.73. The lowest BCUT2D eigenvalue weighted by molar-refractivity contribution is 0.150. The van der Waals surface area contributed by atoms with Crippen LogP contribution in [0.1, 0.15) is 50.3 Å². The van der Waals surface area contributed by atoms with E-state index < -0.39 is 0 Å². The topological polar surface area (TPSA) is 61.0 Å². The summed E-state index contributed by atoms with van der Waals surface area (Å²) in [5.41, 5.74) is 1.77. The molecule has 0 bridgehead atoms. The van der Waals surface area contributed by atoms with Crippen LogP contribution in [0.25, 0.3) is 0 Å². The number of halogens is 1. The van der Waals surface area contributed by atoms with Gasteiger partial charge >= 0.3 is 6.03 Å². The molecule has 3 rings (SSSR count). The SMILES string of the molecule is CC(C)(CNC(=O)N1CCCCC1c1cn[nH]c1)c1ccc(F)cc1. The predicted octanol–water partition coefficient (Wildman–Crippen LogP) is 3.76. The van der Waals surface area contributed by atoms with Crippen LogP contribution in [0, 0.1) is 5.82 Å². The number of H-pyrrole nitrogens is 1. The van der Waals surface area contributed by atoms with E-state index >= 15 is 0 Å². The molecule has 134 valence electrons. The summed E-state index contributed by atoms with van der Waals surface area (Å²) in [6.45, 7) is 5.33. The predicted molar refractivity (Wildman–Crippen MR) is 94.7 cm³/mol. The normalized spacial score (nSPS) is 18.2. The number of amides is 2. The van der Waals surface area contributed by atoms with Gasteiger partial charge in [-0.1, -0.05) is 26.0 Å². The maximum absolute atomic E-state index is 13.1. The monoisotopic (exact) mass is 344 g/mol. The quantitative estimate of drug-likeness (QED) is 0.887. The van der Waals surface area contributed by atoms with Crippen LogP contribution >= 0.6 is 0 Å². The van der Waals surface area contributed by atoms with Crippen molar-refractivity contribution < 1.29 is 9.18 Å². The molecule has 2 heterocycles. The molecule has 2 aromatic rings. The van der Waals surface area contributed by atoms with E-state index in [0.29, 0.717) is 6.54 Å². The van der Waals surface area contributed by atoms with E-state index in [-0.39, 0.29) is 23.3 Å². The fourth-order valence-electron chi connectivity index (χ4n) is 3.37. The largest absolute Gasteiger partial charge is 0.337 e. The fraction of sp³-hybridized carbons (Fsp3) is 0.474. The third-order valence-corrected chi connectivity index (χ3v) is 4.98. The van der Waals surface area contributed by atoms with Crippen LogP contribution in [0.2, 0.25) is 0 Å². The third kappa shape index (κ3) is 4.00. The molecule has 0 spiro atoms. The lowest BCUT2D eigenvalue weighted by atomic mass is 9.84. The Morgan fingerprint density at radius 3 is 2.80 bits per heavy atom. The Bertz CT molecular complexity index is 697. The lowest BCUT2D eigenvalue weighted by Crippen LogP contribution is -2.47. The number of nitrogens with zero attached hydrogens (tertiary/aromatic N) is 2. The zero-order valence-electron chi connectivity index (χ0n) is 14.8. The van der Waals surface area contributed by atoms with Crippen LogP contribution < -0.4 is 5.32 Å². The van der Waals surface area contributed by atoms with Gasteiger partial charge in [0.2, 0.25) is 0 Å². The molecule has 0 radical (unpaired) electrons. The summed E-state index contributed by atoms with van der Waals surface area (Å²) in [6, 6.07) is 6.48. The summed E-state index contributed by atoms with van der Waals surface area (Å²) in [5, 5.41) is 9.90. The van der Waals surface area contributed by atoms with Gasteiger partial charge in [0, 0.05) is 30.3 Å². The van der Waals surface area contributed by atoms with E-state index in [1.807, 2.05) is 24.9 Å². The highest BCUT2D eigenvalue weighted by Crippen LogP contribution is 2.30. The highest BCUT2D eigenvalue weighted by atomic mass is 19.1. The molecular formula is C19H25FN4O. The molecule has 1 aliphatic heterocycles. The summed E-state index contributed by atoms with van der Waals surface area (Å²) in [5.74, 6) is -0.250. The number of carbonyl (C=O) groups is 1. The van der Waals surface area contributed by atoms with E-state index in [1.165, 1.54) is 12.1 Å². The van der Waals surface area contributed by atoms with Crippen LogP contribution in [0.5, 0.6) is 0 Å². The molecule has 1 saturated heterocycles. The third-order valence-electron chi connectivity index (χ3n) is 4.98. The Balaban J connectivity index is 1.65. The minimum atomic E-state index is -0.274. The first-order valence-corrected chi connectivity index (χ1v) is 8.76. The van der Waals surface area contributed by atoms with Crippen LogP contribution in [-0.2, 0) is 5.41 Å². The van der Waals surface area contributed by atoms with Crippen molar-refractivity contribution in [3.05, 3.63) is 53.6 Å². The minimum absolute atomic E-state index is 0.0545. The molecule has 1 aliphatic rings. The van der Waals surface area contributed by atoms with Crippen molar-refractivity contribution in [3.8, 4) is 0 Å². The molecule has 1 unspecified atom stereocenters. The standard InChI is InChI=1S/C19H25FN4O/c1-19(2,15-6-8-16(20)9-7-15)13-21-18(25)24-10-4-3-5-17(24)14-11-22-23-12-14/h6-9,11-12,17H,3-5,10,13H2,1-2H3,(H,21,25)(H,22,23). The van der Waals surface area contributed by atoms with Crippen LogP contribution in [-0.4, -0.2) is 34.2 Å². The second-order valence-corrected chi connectivity index (χ2v) is 7.29. The summed E-state index contributed by atoms with van der Waals surface area (Å²) in [4.78, 5) is 14.7. The molecule has 1 fully saturated rings. The van der Waals surface area contributed by atoms with Gasteiger partial charge < -0.3 is 10.2 Å². The minimum Gasteiger partial charge on any atom is -0.337 e. The van der Waals surface area contributed by atoms with Crippen molar-refractivity contribution >= 4 is 6.03 Å². The Kier molecular flexibility index (Phi) is 5.06. The second-order valence-electron chi connectivity index (χ2n) is 7.29. The molecule has 25 heavy (non-hydrogen) atoms. The highest BCUT2D eigenvalue weighted by molar-refractivity contribution is 5.75. The summed E-state index contributed by atoms with van der Waals surface area (Å²) in [7, 11) is 0. The van der Waals surface area contributed by atoms with Gasteiger partial charge in [0.1, 0.15) is 5.82 Å². The lowest BCUT2D eigenvalue weighted by Gasteiger charge is -2.36. The van der Waals surface area contributed by atoms with Crippen molar-refractivity contribution in [2.24, 2.45) is 0 Å². The van der Waals surface area contributed by atoms with Gasteiger partial charge in [-0.15, -0.1) is 0 Å². The molecule has 6 heteroatoms. The molecule has 0 saturated carbocycles. The van der Waals surface area contributed by atoms with E-state index in [2.05, 4.69) is 15.5 Å². The van der Waals surface area contributed by atoms with E-state index in [4.69, 9.17) is 0 Å². The zero-order chi connectivity index (χ0) is 17.9. The molecule has 1 aromatic heterocycles. The van der Waals surface area contributed by atoms with Gasteiger partial charge in [0.05, 0.1) is 12.2 Å². The van der Waals surface area contributed by atoms with Crippen molar-refractivity contribution in [2.75, 3.05) is 13.1 Å². The van der Waals surface area contributed by atoms with Crippen molar-refractivity contribution in [3.63, 3.8) is 0 Å². The van der Waals surface area contributed by atoms with Crippen LogP contribution in [0.4, 0.5) is 9.18 Å². The van der Waals surface area contributed by atoms with Gasteiger partial charge in [-0.05, 0) is 37.0 Å². The molecule has 1 aromatic carbocycles. The molecule has 1 atom stereocenters. The maximum atomic E-state index is 13.1. The van der Waals surface area contributed by atoms with Crippen molar-refractivity contribution in [2.45, 2.75) is 44.6 Å². The average molecular weight is 344 g/mol. The number of hydrogen-bond donors (Lipinski definition) is 2. The number of piperidine rings is 1. The number of likely N-dealkylation sites (tertiary alicyclic amines) is 1. The summed E-state index contributed by atoms with van der Waals surface area (Å²) >= 11 is 0. The van der Waals surface area contributed by atoms with E-state index in [1.54, 1.807) is 18.3 Å². The van der Waals surface area contributed by atoms with Gasteiger partial charge in [-0.25, -0.2) is 9.18 Å². The van der Waals surface area contributed by atoms with E-state index in [9.17, 15) is 9.18 Å². The van der Waals surface area contributed by atoms with Crippen molar-refractivity contribution in [1.29, 1.82) is 0 Å². The Morgan fingerprint density at radius 1 is 1.36 bits per heavy atom. The molecule has 0 aliphatic carbocycles. The Hall–Kier alpha value is -2.37. The number of benzene rings is 1. The van der Waals surface area contributed by atoms with Gasteiger partial charge in [-0.3, -0.25) is 5.10 Å². The van der Waals surface area contributed by atoms with Crippen molar-refractivity contribution in [1.82, 2.24) is 20.4 Å². The Labute approximate surface area is 147 Å². The van der Waals surface area contributed by atoms with Gasteiger partial charge in [-0.2, -0.15) is 5.10 Å². The molecular weight excluding hydrogens is 319 g/mol. The smallest absolute Gasteiger partial charge is 0.317 e. The number of carbonyl (C=O) groups excluding carboxylic acids is 1. The Morgan fingerprint density at radius 2 is 2.12 bits per heavy atom. The van der Waals surface area contributed by atoms with Gasteiger partial charge in [0.25, 0.3) is 0 Å². The average Bonchev–Trinajstić information content (AvgIpc) is 3.15. The first-order chi connectivity index (χ1) is 12.0. The molecule has 5 nitrogen and oxygen atoms in total. The number of nitrogens with one attached hydrogen (secondary N) is 2. The number of aromatic amines is 1. The molecule has 2 N–H and O–H groups in total. The summed E-state index contributed by atoms with van der Waals surface area (Å²) < 4.78 is 13.1. The van der Waals surface area contributed by atoms with Crippen LogP contribution in [0.15, 0.2) is 36.7 Å². The maximum Gasteiger partial charge on any atom is 0.317 e. The fourth-order valence-corrected chi connectivity index (χ4v) is 3.37. The second kappa shape index (κ2) is 7.25. The number of rotatable bonds is 4. The number of urea groups is 1. The number of hydrogen-bond acceptors (Lipinski definition) is 2. The zero-order valence-corrected chi connectivity index (χ0v) is 14.8. The first kappa shape index (κ1) is 17.5.